The zero-order valence-corrected chi connectivity index (χ0v) is 17.2. The third kappa shape index (κ3) is 7.39. The predicted octanol–water partition coefficient (Wildman–Crippen LogP) is 2.86. The first kappa shape index (κ1) is 21.5. The van der Waals surface area contributed by atoms with Gasteiger partial charge in [-0.3, -0.25) is 0 Å². The van der Waals surface area contributed by atoms with Crippen molar-refractivity contribution in [1.82, 2.24) is 20.4 Å². The van der Waals surface area contributed by atoms with Crippen LogP contribution in [0, 0.1) is 0 Å². The van der Waals surface area contributed by atoms with Crippen LogP contribution >= 0.6 is 0 Å². The van der Waals surface area contributed by atoms with Gasteiger partial charge in [-0.05, 0) is 57.1 Å². The molecule has 0 aliphatic carbocycles. The fourth-order valence-corrected chi connectivity index (χ4v) is 3.30. The van der Waals surface area contributed by atoms with E-state index in [1.165, 1.54) is 5.56 Å². The second-order valence-corrected chi connectivity index (χ2v) is 7.05. The van der Waals surface area contributed by atoms with Gasteiger partial charge in [-0.2, -0.15) is 0 Å². The topological polar surface area (TPSA) is 56.8 Å². The van der Waals surface area contributed by atoms with E-state index in [0.717, 1.165) is 71.0 Å². The molecule has 1 aliphatic rings. The van der Waals surface area contributed by atoms with E-state index < -0.39 is 0 Å². The van der Waals surface area contributed by atoms with Gasteiger partial charge in [0.05, 0.1) is 6.61 Å². The zero-order chi connectivity index (χ0) is 19.5. The second-order valence-electron chi connectivity index (χ2n) is 7.05. The highest BCUT2D eigenvalue weighted by molar-refractivity contribution is 5.76. The summed E-state index contributed by atoms with van der Waals surface area (Å²) in [6.45, 7) is 13.9. The van der Waals surface area contributed by atoms with Crippen molar-refractivity contribution in [1.29, 1.82) is 0 Å². The molecular formula is C21H36N4O2. The van der Waals surface area contributed by atoms with Crippen LogP contribution in [0.4, 0.5) is 4.79 Å². The molecule has 27 heavy (non-hydrogen) atoms. The average Bonchev–Trinajstić information content (AvgIpc) is 3.10. The van der Waals surface area contributed by atoms with Crippen LogP contribution in [-0.2, 0) is 0 Å². The number of amides is 2. The maximum atomic E-state index is 11.5. The number of carbonyl (C=O) groups is 1. The number of urea groups is 1. The summed E-state index contributed by atoms with van der Waals surface area (Å²) < 4.78 is 5.86. The molecule has 2 rings (SSSR count). The molecule has 1 heterocycles. The van der Waals surface area contributed by atoms with Crippen LogP contribution in [0.2, 0.25) is 0 Å². The van der Waals surface area contributed by atoms with Crippen molar-refractivity contribution < 1.29 is 9.53 Å². The van der Waals surface area contributed by atoms with Gasteiger partial charge in [0.1, 0.15) is 5.75 Å². The number of hydrogen-bond donors (Lipinski definition) is 2. The number of nitrogens with zero attached hydrogens (tertiary/aromatic N) is 2. The van der Waals surface area contributed by atoms with Gasteiger partial charge in [0.2, 0.25) is 0 Å². The summed E-state index contributed by atoms with van der Waals surface area (Å²) in [5.41, 5.74) is 1.25. The smallest absolute Gasteiger partial charge is 0.317 e. The maximum Gasteiger partial charge on any atom is 0.317 e. The van der Waals surface area contributed by atoms with Gasteiger partial charge in [-0.1, -0.05) is 26.0 Å². The van der Waals surface area contributed by atoms with E-state index in [4.69, 9.17) is 4.74 Å². The minimum absolute atomic E-state index is 0.0655. The lowest BCUT2D eigenvalue weighted by atomic mass is 10.1. The molecule has 152 valence electrons. The van der Waals surface area contributed by atoms with Crippen molar-refractivity contribution in [2.24, 2.45) is 0 Å². The summed E-state index contributed by atoms with van der Waals surface area (Å²) in [5, 5.41) is 6.36. The van der Waals surface area contributed by atoms with E-state index in [0.29, 0.717) is 0 Å². The molecule has 1 unspecified atom stereocenters. The second kappa shape index (κ2) is 11.8. The lowest BCUT2D eigenvalue weighted by Crippen LogP contribution is -2.31. The molecule has 0 radical (unpaired) electrons. The molecule has 1 aliphatic heterocycles. The van der Waals surface area contributed by atoms with Gasteiger partial charge in [-0.15, -0.1) is 0 Å². The molecule has 0 aromatic heterocycles. The van der Waals surface area contributed by atoms with Crippen LogP contribution in [0.3, 0.4) is 0 Å². The molecule has 6 heteroatoms. The normalized spacial score (nSPS) is 15.3. The van der Waals surface area contributed by atoms with Crippen molar-refractivity contribution in [2.75, 3.05) is 52.4 Å². The van der Waals surface area contributed by atoms with Crippen molar-refractivity contribution in [3.63, 3.8) is 0 Å². The van der Waals surface area contributed by atoms with Crippen LogP contribution in [0.5, 0.6) is 5.75 Å². The number of benzene rings is 1. The van der Waals surface area contributed by atoms with Crippen LogP contribution in [-0.4, -0.2) is 68.3 Å². The van der Waals surface area contributed by atoms with E-state index in [1.54, 1.807) is 0 Å². The summed E-state index contributed by atoms with van der Waals surface area (Å²) >= 11 is 0. The molecule has 2 N–H and O–H groups in total. The quantitative estimate of drug-likeness (QED) is 0.520. The highest BCUT2D eigenvalue weighted by Crippen LogP contribution is 2.18. The van der Waals surface area contributed by atoms with E-state index in [2.05, 4.69) is 60.6 Å². The lowest BCUT2D eigenvalue weighted by molar-refractivity contribution is 0.216. The first-order valence-electron chi connectivity index (χ1n) is 10.3. The van der Waals surface area contributed by atoms with Crippen LogP contribution in [0.1, 0.15) is 45.2 Å². The number of carbonyl (C=O) groups excluding carboxylic acids is 1. The van der Waals surface area contributed by atoms with Crippen LogP contribution < -0.4 is 15.4 Å². The largest absolute Gasteiger partial charge is 0.494 e. The Balaban J connectivity index is 1.62. The molecule has 0 saturated carbocycles. The molecule has 2 amide bonds. The predicted molar refractivity (Wildman–Crippen MR) is 110 cm³/mol. The third-order valence-corrected chi connectivity index (χ3v) is 5.16. The highest BCUT2D eigenvalue weighted by Gasteiger charge is 2.18. The molecule has 1 atom stereocenters. The van der Waals surface area contributed by atoms with Crippen molar-refractivity contribution in [3.8, 4) is 5.75 Å². The molecule has 1 saturated heterocycles. The Hall–Kier alpha value is -1.79. The number of rotatable bonds is 13. The van der Waals surface area contributed by atoms with Crippen molar-refractivity contribution in [2.45, 2.75) is 39.7 Å². The van der Waals surface area contributed by atoms with Crippen LogP contribution in [0.15, 0.2) is 24.3 Å². The Morgan fingerprint density at radius 3 is 2.59 bits per heavy atom. The number of ether oxygens (including phenoxy) is 1. The number of hydrogen-bond acceptors (Lipinski definition) is 4. The van der Waals surface area contributed by atoms with Gasteiger partial charge in [0, 0.05) is 32.2 Å². The average molecular weight is 377 g/mol. The summed E-state index contributed by atoms with van der Waals surface area (Å²) in [7, 11) is 0. The summed E-state index contributed by atoms with van der Waals surface area (Å²) in [5.74, 6) is 0.936. The van der Waals surface area contributed by atoms with E-state index >= 15 is 0 Å². The third-order valence-electron chi connectivity index (χ3n) is 5.16. The molecule has 1 fully saturated rings. The fraction of sp³-hybridized carbons (Fsp3) is 0.667. The Kier molecular flexibility index (Phi) is 9.42. The monoisotopic (exact) mass is 376 g/mol. The molecule has 6 nitrogen and oxygen atoms in total. The lowest BCUT2D eigenvalue weighted by Gasteiger charge is -2.18. The molecule has 1 aromatic carbocycles. The molecule has 1 aromatic rings. The van der Waals surface area contributed by atoms with Gasteiger partial charge >= 0.3 is 6.03 Å². The number of nitrogens with one attached hydrogen (secondary N) is 2. The molecular weight excluding hydrogens is 340 g/mol. The Labute approximate surface area is 164 Å². The Morgan fingerprint density at radius 2 is 1.96 bits per heavy atom. The van der Waals surface area contributed by atoms with E-state index in [1.807, 2.05) is 4.90 Å². The Morgan fingerprint density at radius 1 is 1.22 bits per heavy atom. The fourth-order valence-electron chi connectivity index (χ4n) is 3.30. The van der Waals surface area contributed by atoms with Crippen LogP contribution in [0.25, 0.3) is 0 Å². The van der Waals surface area contributed by atoms with Gasteiger partial charge in [0.15, 0.2) is 0 Å². The first-order chi connectivity index (χ1) is 13.1. The van der Waals surface area contributed by atoms with Crippen molar-refractivity contribution in [3.05, 3.63) is 29.8 Å². The minimum atomic E-state index is 0.0655. The van der Waals surface area contributed by atoms with Gasteiger partial charge in [-0.25, -0.2) is 4.79 Å². The molecule has 0 spiro atoms. The summed E-state index contributed by atoms with van der Waals surface area (Å²) in [4.78, 5) is 15.8. The summed E-state index contributed by atoms with van der Waals surface area (Å²) in [6.07, 6.45) is 2.02. The van der Waals surface area contributed by atoms with E-state index in [-0.39, 0.29) is 12.1 Å². The van der Waals surface area contributed by atoms with E-state index in [9.17, 15) is 4.79 Å². The highest BCUT2D eigenvalue weighted by atomic mass is 16.5. The van der Waals surface area contributed by atoms with Crippen molar-refractivity contribution >= 4 is 6.03 Å². The first-order valence-corrected chi connectivity index (χ1v) is 10.3. The molecule has 0 bridgehead atoms. The van der Waals surface area contributed by atoms with Gasteiger partial charge < -0.3 is 25.2 Å². The summed E-state index contributed by atoms with van der Waals surface area (Å²) in [6, 6.07) is 8.72. The standard InChI is InChI=1S/C21H36N4O2/c1-4-24(5-2)14-7-17-27-20-10-8-19(9-11-20)18(3)22-12-6-15-25-16-13-23-21(25)26/h8-11,18,22H,4-7,12-17H2,1-3H3,(H,23,26). The Bertz CT molecular complexity index is 546. The SMILES string of the molecule is CCN(CC)CCCOc1ccc(C(C)NCCCN2CCNC2=O)cc1. The van der Waals surface area contributed by atoms with Gasteiger partial charge in [0.25, 0.3) is 0 Å². The minimum Gasteiger partial charge on any atom is -0.494 e. The maximum absolute atomic E-state index is 11.5. The zero-order valence-electron chi connectivity index (χ0n) is 17.2.